The number of aliphatic hydroxyl groups is 1. The number of aromatic amines is 1. The predicted molar refractivity (Wildman–Crippen MR) is 111 cm³/mol. The minimum Gasteiger partial charge on any atom is -0.370 e. The van der Waals surface area contributed by atoms with Gasteiger partial charge in [-0.05, 0) is 42.8 Å². The van der Waals surface area contributed by atoms with Gasteiger partial charge in [0.25, 0.3) is 0 Å². The number of H-pyrrole nitrogens is 1. The molecule has 166 valence electrons. The topological polar surface area (TPSA) is 112 Å². The van der Waals surface area contributed by atoms with Crippen LogP contribution in [0.4, 0.5) is 13.2 Å². The molecule has 0 fully saturated rings. The number of aryl methyl sites for hydroxylation is 2. The van der Waals surface area contributed by atoms with Gasteiger partial charge >= 0.3 is 6.18 Å². The Bertz CT molecular complexity index is 1540. The summed E-state index contributed by atoms with van der Waals surface area (Å²) in [6.07, 6.45) is -3.06. The van der Waals surface area contributed by atoms with E-state index in [-0.39, 0.29) is 22.0 Å². The van der Waals surface area contributed by atoms with Gasteiger partial charge in [-0.1, -0.05) is 0 Å². The van der Waals surface area contributed by atoms with Gasteiger partial charge in [-0.2, -0.15) is 18.4 Å². The van der Waals surface area contributed by atoms with Gasteiger partial charge in [0.2, 0.25) is 5.60 Å². The molecule has 11 heteroatoms. The SMILES string of the molecule is Cc1cc(S(C)(=O)=O)c(C(O)(c2nc3ccc(C#N)cc3[nH]2)C(F)(F)F)c2ccn(C)c12. The number of hydrogen-bond acceptors (Lipinski definition) is 5. The first-order valence-corrected chi connectivity index (χ1v) is 11.2. The zero-order valence-corrected chi connectivity index (χ0v) is 17.9. The molecule has 0 saturated heterocycles. The molecule has 2 aromatic carbocycles. The van der Waals surface area contributed by atoms with Crippen LogP contribution in [0.15, 0.2) is 41.4 Å². The molecular weight excluding hydrogens is 445 g/mol. The van der Waals surface area contributed by atoms with Gasteiger partial charge < -0.3 is 14.7 Å². The van der Waals surface area contributed by atoms with Crippen molar-refractivity contribution in [3.05, 3.63) is 59.0 Å². The van der Waals surface area contributed by atoms with Gasteiger partial charge in [0.05, 0.1) is 33.1 Å². The minimum absolute atomic E-state index is 0.0640. The van der Waals surface area contributed by atoms with Gasteiger partial charge in [0.15, 0.2) is 15.7 Å². The molecular formula is C21H17F3N4O3S. The van der Waals surface area contributed by atoms with E-state index in [2.05, 4.69) is 9.97 Å². The van der Waals surface area contributed by atoms with Gasteiger partial charge in [-0.15, -0.1) is 0 Å². The quantitative estimate of drug-likeness (QED) is 0.485. The summed E-state index contributed by atoms with van der Waals surface area (Å²) in [4.78, 5) is 5.73. The Morgan fingerprint density at radius 1 is 1.22 bits per heavy atom. The van der Waals surface area contributed by atoms with Crippen LogP contribution >= 0.6 is 0 Å². The van der Waals surface area contributed by atoms with Crippen LogP contribution in [0.5, 0.6) is 0 Å². The molecule has 0 aliphatic rings. The molecule has 0 aliphatic carbocycles. The molecule has 32 heavy (non-hydrogen) atoms. The predicted octanol–water partition coefficient (Wildman–Crippen LogP) is 3.44. The van der Waals surface area contributed by atoms with Crippen LogP contribution in [0.1, 0.15) is 22.5 Å². The smallest absolute Gasteiger partial charge is 0.370 e. The Hall–Kier alpha value is -3.36. The molecule has 0 radical (unpaired) electrons. The van der Waals surface area contributed by atoms with E-state index in [4.69, 9.17) is 5.26 Å². The van der Waals surface area contributed by atoms with Crippen LogP contribution in [-0.2, 0) is 22.5 Å². The number of rotatable bonds is 3. The lowest BCUT2D eigenvalue weighted by molar-refractivity contribution is -0.251. The summed E-state index contributed by atoms with van der Waals surface area (Å²) < 4.78 is 70.4. The number of aromatic nitrogens is 3. The maximum atomic E-state index is 14.6. The monoisotopic (exact) mass is 462 g/mol. The third-order valence-electron chi connectivity index (χ3n) is 5.43. The number of nitrogens with one attached hydrogen (secondary N) is 1. The van der Waals surface area contributed by atoms with Crippen molar-refractivity contribution >= 4 is 31.8 Å². The summed E-state index contributed by atoms with van der Waals surface area (Å²) in [6.45, 7) is 1.58. The van der Waals surface area contributed by atoms with Crippen LogP contribution in [0.3, 0.4) is 0 Å². The summed E-state index contributed by atoms with van der Waals surface area (Å²) in [5.74, 6) is -0.894. The number of fused-ring (bicyclic) bond motifs is 2. The van der Waals surface area contributed by atoms with E-state index >= 15 is 0 Å². The number of benzene rings is 2. The second-order valence-corrected chi connectivity index (χ2v) is 9.65. The fourth-order valence-corrected chi connectivity index (χ4v) is 5.02. The van der Waals surface area contributed by atoms with E-state index in [1.165, 1.54) is 30.5 Å². The van der Waals surface area contributed by atoms with E-state index in [9.17, 15) is 26.7 Å². The second kappa shape index (κ2) is 6.82. The summed E-state index contributed by atoms with van der Waals surface area (Å²) in [7, 11) is -2.58. The zero-order valence-electron chi connectivity index (χ0n) is 17.1. The van der Waals surface area contributed by atoms with Crippen LogP contribution in [-0.4, -0.2) is 40.5 Å². The van der Waals surface area contributed by atoms with Crippen molar-refractivity contribution in [3.8, 4) is 6.07 Å². The van der Waals surface area contributed by atoms with Gasteiger partial charge in [0.1, 0.15) is 0 Å². The molecule has 1 unspecified atom stereocenters. The maximum Gasteiger partial charge on any atom is 0.428 e. The zero-order chi connectivity index (χ0) is 23.6. The first-order chi connectivity index (χ1) is 14.8. The lowest BCUT2D eigenvalue weighted by Crippen LogP contribution is -2.45. The van der Waals surface area contributed by atoms with E-state index in [1.54, 1.807) is 18.5 Å². The fourth-order valence-electron chi connectivity index (χ4n) is 4.00. The average Bonchev–Trinajstić information content (AvgIpc) is 3.29. The van der Waals surface area contributed by atoms with E-state index < -0.39 is 37.9 Å². The lowest BCUT2D eigenvalue weighted by Gasteiger charge is -2.31. The highest BCUT2D eigenvalue weighted by atomic mass is 32.2. The first-order valence-electron chi connectivity index (χ1n) is 9.27. The Labute approximate surface area is 180 Å². The van der Waals surface area contributed by atoms with Gasteiger partial charge in [0, 0.05) is 30.4 Å². The van der Waals surface area contributed by atoms with Crippen molar-refractivity contribution in [1.82, 2.24) is 14.5 Å². The molecule has 2 N–H and O–H groups in total. The number of nitrogens with zero attached hydrogens (tertiary/aromatic N) is 3. The number of sulfone groups is 1. The normalized spacial score (nSPS) is 14.6. The van der Waals surface area contributed by atoms with Crippen molar-refractivity contribution in [2.75, 3.05) is 6.26 Å². The second-order valence-electron chi connectivity index (χ2n) is 7.67. The largest absolute Gasteiger partial charge is 0.428 e. The van der Waals surface area contributed by atoms with Crippen LogP contribution in [0, 0.1) is 18.3 Å². The summed E-state index contributed by atoms with van der Waals surface area (Å²) in [6, 6.07) is 8.35. The lowest BCUT2D eigenvalue weighted by atomic mass is 9.88. The Morgan fingerprint density at radius 3 is 2.50 bits per heavy atom. The Kier molecular flexibility index (Phi) is 4.66. The van der Waals surface area contributed by atoms with Crippen molar-refractivity contribution in [3.63, 3.8) is 0 Å². The minimum atomic E-state index is -5.34. The standard InChI is InChI=1S/C21H17F3N4O3S/c1-11-8-16(32(3,30)31)17(13-6-7-28(2)18(11)13)20(29,21(22,23)24)19-26-14-5-4-12(10-25)9-15(14)27-19/h4-9,29H,1-3H3,(H,26,27). The molecule has 0 bridgehead atoms. The van der Waals surface area contributed by atoms with Crippen molar-refractivity contribution < 1.29 is 26.7 Å². The van der Waals surface area contributed by atoms with E-state index in [1.807, 2.05) is 6.07 Å². The fraction of sp³-hybridized carbons (Fsp3) is 0.238. The summed E-state index contributed by atoms with van der Waals surface area (Å²) >= 11 is 0. The summed E-state index contributed by atoms with van der Waals surface area (Å²) in [5, 5.41) is 20.3. The van der Waals surface area contributed by atoms with Crippen LogP contribution in [0.25, 0.3) is 21.9 Å². The third kappa shape index (κ3) is 3.06. The number of hydrogen-bond donors (Lipinski definition) is 2. The molecule has 0 amide bonds. The van der Waals surface area contributed by atoms with Crippen LogP contribution < -0.4 is 0 Å². The Morgan fingerprint density at radius 2 is 1.91 bits per heavy atom. The number of alkyl halides is 3. The van der Waals surface area contributed by atoms with Crippen LogP contribution in [0.2, 0.25) is 0 Å². The van der Waals surface area contributed by atoms with E-state index in [0.29, 0.717) is 11.1 Å². The first kappa shape index (κ1) is 21.9. The highest BCUT2D eigenvalue weighted by Crippen LogP contribution is 2.48. The molecule has 4 rings (SSSR count). The maximum absolute atomic E-state index is 14.6. The molecule has 4 aromatic rings. The Balaban J connectivity index is 2.19. The molecule has 0 saturated carbocycles. The summed E-state index contributed by atoms with van der Waals surface area (Å²) in [5.41, 5.74) is -3.46. The van der Waals surface area contributed by atoms with Gasteiger partial charge in [-0.25, -0.2) is 13.4 Å². The van der Waals surface area contributed by atoms with Gasteiger partial charge in [-0.3, -0.25) is 0 Å². The molecule has 0 spiro atoms. The molecule has 2 aromatic heterocycles. The highest BCUT2D eigenvalue weighted by molar-refractivity contribution is 7.90. The number of nitriles is 1. The molecule has 2 heterocycles. The number of halogens is 3. The van der Waals surface area contributed by atoms with E-state index in [0.717, 1.165) is 12.3 Å². The molecule has 1 atom stereocenters. The average molecular weight is 462 g/mol. The van der Waals surface area contributed by atoms with Crippen molar-refractivity contribution in [2.24, 2.45) is 7.05 Å². The highest BCUT2D eigenvalue weighted by Gasteiger charge is 2.61. The number of imidazole rings is 1. The van der Waals surface area contributed by atoms with Crippen molar-refractivity contribution in [1.29, 1.82) is 5.26 Å². The third-order valence-corrected chi connectivity index (χ3v) is 6.56. The van der Waals surface area contributed by atoms with Crippen molar-refractivity contribution in [2.45, 2.75) is 23.6 Å². The molecule has 7 nitrogen and oxygen atoms in total. The molecule has 0 aliphatic heterocycles.